The zero-order valence-electron chi connectivity index (χ0n) is 6.11. The van der Waals surface area contributed by atoms with Crippen LogP contribution in [0.25, 0.3) is 0 Å². The summed E-state index contributed by atoms with van der Waals surface area (Å²) in [6.07, 6.45) is 2.74. The minimum Gasteiger partial charge on any atom is -0.246 e. The van der Waals surface area contributed by atoms with Crippen LogP contribution in [0.4, 0.5) is 0 Å². The van der Waals surface area contributed by atoms with E-state index in [4.69, 9.17) is 11.6 Å². The molecule has 0 rings (SSSR count). The van der Waals surface area contributed by atoms with E-state index in [0.29, 0.717) is 5.16 Å². The first-order valence-corrected chi connectivity index (χ1v) is 3.44. The average Bonchev–Trinajstić information content (AvgIpc) is 1.87. The van der Waals surface area contributed by atoms with Crippen molar-refractivity contribution in [1.82, 2.24) is 0 Å². The summed E-state index contributed by atoms with van der Waals surface area (Å²) in [6.45, 7) is 5.89. The average molecular weight is 146 g/mol. The Labute approximate surface area is 61.4 Å². The summed E-state index contributed by atoms with van der Waals surface area (Å²) in [4.78, 5) is 4.06. The predicted octanol–water partition coefficient (Wildman–Crippen LogP) is 2.96. The first kappa shape index (κ1) is 8.70. The van der Waals surface area contributed by atoms with Crippen LogP contribution in [-0.4, -0.2) is 5.71 Å². The van der Waals surface area contributed by atoms with E-state index in [1.165, 1.54) is 0 Å². The molecule has 0 spiro atoms. The van der Waals surface area contributed by atoms with Crippen molar-refractivity contribution in [2.45, 2.75) is 27.2 Å². The lowest BCUT2D eigenvalue weighted by molar-refractivity contribution is 1.24. The van der Waals surface area contributed by atoms with Crippen molar-refractivity contribution in [3.8, 4) is 0 Å². The fraction of sp³-hybridized carbons (Fsp3) is 0.571. The van der Waals surface area contributed by atoms with E-state index in [1.807, 2.05) is 13.8 Å². The molecule has 0 fully saturated rings. The molecule has 0 radical (unpaired) electrons. The Kier molecular flexibility index (Phi) is 4.41. The van der Waals surface area contributed by atoms with Crippen molar-refractivity contribution in [1.29, 1.82) is 0 Å². The number of aliphatic imine (C=N–C) groups is 1. The fourth-order valence-electron chi connectivity index (χ4n) is 0.326. The molecule has 0 aromatic carbocycles. The Morgan fingerprint density at radius 1 is 1.67 bits per heavy atom. The molecule has 0 amide bonds. The van der Waals surface area contributed by atoms with Crippen molar-refractivity contribution in [3.63, 3.8) is 0 Å². The van der Waals surface area contributed by atoms with Gasteiger partial charge in [0.05, 0.1) is 0 Å². The topological polar surface area (TPSA) is 12.4 Å². The number of hydrogen-bond acceptors (Lipinski definition) is 1. The van der Waals surface area contributed by atoms with Gasteiger partial charge in [-0.1, -0.05) is 24.6 Å². The lowest BCUT2D eigenvalue weighted by Gasteiger charge is -1.91. The van der Waals surface area contributed by atoms with Gasteiger partial charge in [0.15, 0.2) is 0 Å². The zero-order valence-corrected chi connectivity index (χ0v) is 6.87. The lowest BCUT2D eigenvalue weighted by atomic mass is 10.3. The normalized spacial score (nSPS) is 14.2. The molecule has 0 unspecified atom stereocenters. The van der Waals surface area contributed by atoms with Crippen molar-refractivity contribution in [3.05, 3.63) is 11.2 Å². The molecule has 0 aromatic rings. The van der Waals surface area contributed by atoms with Crippen molar-refractivity contribution >= 4 is 17.3 Å². The molecular weight excluding hydrogens is 134 g/mol. The standard InChI is InChI=1S/C7H12ClN/c1-4-6(3)9-7(8)5-2/h5H,4H2,1-3H3/b7-5-,9-6?. The van der Waals surface area contributed by atoms with Gasteiger partial charge in [0.25, 0.3) is 0 Å². The van der Waals surface area contributed by atoms with Gasteiger partial charge in [-0.25, -0.2) is 4.99 Å². The molecule has 9 heavy (non-hydrogen) atoms. The molecule has 0 bridgehead atoms. The minimum atomic E-state index is 0.578. The molecule has 0 aliphatic carbocycles. The van der Waals surface area contributed by atoms with Gasteiger partial charge in [0, 0.05) is 5.71 Å². The number of hydrogen-bond donors (Lipinski definition) is 0. The third kappa shape index (κ3) is 4.22. The lowest BCUT2D eigenvalue weighted by Crippen LogP contribution is -1.85. The highest BCUT2D eigenvalue weighted by molar-refractivity contribution is 6.29. The van der Waals surface area contributed by atoms with Crippen LogP contribution in [0.1, 0.15) is 27.2 Å². The van der Waals surface area contributed by atoms with E-state index in [9.17, 15) is 0 Å². The Balaban J connectivity index is 3.95. The Morgan fingerprint density at radius 3 is 2.56 bits per heavy atom. The molecule has 0 aliphatic heterocycles. The van der Waals surface area contributed by atoms with Crippen molar-refractivity contribution < 1.29 is 0 Å². The molecule has 0 heterocycles. The summed E-state index contributed by atoms with van der Waals surface area (Å²) in [5, 5.41) is 0.578. The number of allylic oxidation sites excluding steroid dienone is 1. The quantitative estimate of drug-likeness (QED) is 0.419. The zero-order chi connectivity index (χ0) is 7.28. The second-order valence-corrected chi connectivity index (χ2v) is 2.20. The summed E-state index contributed by atoms with van der Waals surface area (Å²) in [7, 11) is 0. The van der Waals surface area contributed by atoms with Crippen LogP contribution in [0.15, 0.2) is 16.2 Å². The second kappa shape index (κ2) is 4.57. The maximum Gasteiger partial charge on any atom is 0.124 e. The van der Waals surface area contributed by atoms with Crippen LogP contribution in [-0.2, 0) is 0 Å². The second-order valence-electron chi connectivity index (χ2n) is 1.81. The Hall–Kier alpha value is -0.300. The smallest absolute Gasteiger partial charge is 0.124 e. The maximum absolute atomic E-state index is 5.61. The number of halogens is 1. The SMILES string of the molecule is C/C=C(/Cl)N=C(C)CC. The summed E-state index contributed by atoms with van der Waals surface area (Å²) in [5.41, 5.74) is 1.07. The van der Waals surface area contributed by atoms with Crippen molar-refractivity contribution in [2.24, 2.45) is 4.99 Å². The van der Waals surface area contributed by atoms with Gasteiger partial charge in [-0.2, -0.15) is 0 Å². The highest BCUT2D eigenvalue weighted by Gasteiger charge is 1.85. The molecule has 0 N–H and O–H groups in total. The summed E-state index contributed by atoms with van der Waals surface area (Å²) < 4.78 is 0. The van der Waals surface area contributed by atoms with Crippen LogP contribution >= 0.6 is 11.6 Å². The van der Waals surface area contributed by atoms with E-state index >= 15 is 0 Å². The van der Waals surface area contributed by atoms with Gasteiger partial charge in [-0.3, -0.25) is 0 Å². The van der Waals surface area contributed by atoms with E-state index in [2.05, 4.69) is 11.9 Å². The van der Waals surface area contributed by atoms with E-state index in [-0.39, 0.29) is 0 Å². The maximum atomic E-state index is 5.61. The predicted molar refractivity (Wildman–Crippen MR) is 43.0 cm³/mol. The van der Waals surface area contributed by atoms with Gasteiger partial charge >= 0.3 is 0 Å². The van der Waals surface area contributed by atoms with Gasteiger partial charge in [-0.15, -0.1) is 0 Å². The number of nitrogens with zero attached hydrogens (tertiary/aromatic N) is 1. The molecule has 0 aromatic heterocycles. The van der Waals surface area contributed by atoms with Gasteiger partial charge in [0.1, 0.15) is 5.16 Å². The van der Waals surface area contributed by atoms with E-state index < -0.39 is 0 Å². The third-order valence-corrected chi connectivity index (χ3v) is 1.35. The van der Waals surface area contributed by atoms with Gasteiger partial charge in [0.2, 0.25) is 0 Å². The monoisotopic (exact) mass is 145 g/mol. The molecule has 0 saturated heterocycles. The first-order valence-electron chi connectivity index (χ1n) is 3.06. The van der Waals surface area contributed by atoms with Crippen LogP contribution in [0.5, 0.6) is 0 Å². The molecule has 52 valence electrons. The first-order chi connectivity index (χ1) is 4.20. The van der Waals surface area contributed by atoms with Gasteiger partial charge < -0.3 is 0 Å². The fourth-order valence-corrected chi connectivity index (χ4v) is 0.470. The van der Waals surface area contributed by atoms with Crippen LogP contribution in [0, 0.1) is 0 Å². The Morgan fingerprint density at radius 2 is 2.22 bits per heavy atom. The van der Waals surface area contributed by atoms with Crippen LogP contribution in [0.2, 0.25) is 0 Å². The van der Waals surface area contributed by atoms with Gasteiger partial charge in [-0.05, 0) is 20.3 Å². The van der Waals surface area contributed by atoms with E-state index in [0.717, 1.165) is 12.1 Å². The van der Waals surface area contributed by atoms with Crippen molar-refractivity contribution in [2.75, 3.05) is 0 Å². The highest BCUT2D eigenvalue weighted by atomic mass is 35.5. The molecule has 0 saturated carbocycles. The Bertz CT molecular complexity index is 136. The molecule has 2 heteroatoms. The highest BCUT2D eigenvalue weighted by Crippen LogP contribution is 2.03. The molecular formula is C7H12ClN. The summed E-state index contributed by atoms with van der Waals surface area (Å²) in [6, 6.07) is 0. The van der Waals surface area contributed by atoms with Crippen LogP contribution < -0.4 is 0 Å². The summed E-state index contributed by atoms with van der Waals surface area (Å²) >= 11 is 5.61. The largest absolute Gasteiger partial charge is 0.246 e. The van der Waals surface area contributed by atoms with Crippen LogP contribution in [0.3, 0.4) is 0 Å². The molecule has 0 aliphatic rings. The molecule has 1 nitrogen and oxygen atoms in total. The summed E-state index contributed by atoms with van der Waals surface area (Å²) in [5.74, 6) is 0. The molecule has 0 atom stereocenters. The third-order valence-electron chi connectivity index (χ3n) is 1.05. The minimum absolute atomic E-state index is 0.578. The number of rotatable bonds is 2. The van der Waals surface area contributed by atoms with E-state index in [1.54, 1.807) is 6.08 Å².